The van der Waals surface area contributed by atoms with Gasteiger partial charge < -0.3 is 4.90 Å². The Hall–Kier alpha value is -0.800. The van der Waals surface area contributed by atoms with Crippen molar-refractivity contribution in [3.05, 3.63) is 34.0 Å². The molecule has 94 valence electrons. The van der Waals surface area contributed by atoms with Gasteiger partial charge in [-0.3, -0.25) is 4.79 Å². The molecule has 0 aromatic carbocycles. The van der Waals surface area contributed by atoms with E-state index in [9.17, 15) is 4.79 Å². The normalized spacial score (nSPS) is 11.3. The zero-order valence-electron chi connectivity index (χ0n) is 10.5. The Labute approximate surface area is 112 Å². The summed E-state index contributed by atoms with van der Waals surface area (Å²) in [6.07, 6.45) is 1.75. The molecule has 0 saturated carbocycles. The highest BCUT2D eigenvalue weighted by Gasteiger charge is 2.26. The number of amides is 1. The highest BCUT2D eigenvalue weighted by molar-refractivity contribution is 7.16. The van der Waals surface area contributed by atoms with Gasteiger partial charge in [-0.05, 0) is 12.1 Å². The van der Waals surface area contributed by atoms with Crippen molar-refractivity contribution in [1.82, 2.24) is 4.90 Å². The van der Waals surface area contributed by atoms with Gasteiger partial charge >= 0.3 is 0 Å². The molecule has 0 fully saturated rings. The highest BCUT2D eigenvalue weighted by atomic mass is 35.5. The van der Waals surface area contributed by atoms with Crippen LogP contribution in [0, 0.1) is 5.41 Å². The van der Waals surface area contributed by atoms with Gasteiger partial charge in [-0.25, -0.2) is 0 Å². The van der Waals surface area contributed by atoms with Crippen molar-refractivity contribution in [2.45, 2.75) is 27.3 Å². The van der Waals surface area contributed by atoms with Crippen LogP contribution in [0.3, 0.4) is 0 Å². The fourth-order valence-electron chi connectivity index (χ4n) is 1.47. The molecule has 1 amide bonds. The van der Waals surface area contributed by atoms with Crippen molar-refractivity contribution in [2.24, 2.45) is 5.41 Å². The zero-order chi connectivity index (χ0) is 13.1. The van der Waals surface area contributed by atoms with E-state index in [1.807, 2.05) is 32.9 Å². The topological polar surface area (TPSA) is 20.3 Å². The average Bonchev–Trinajstić information content (AvgIpc) is 2.61. The van der Waals surface area contributed by atoms with E-state index in [0.717, 1.165) is 9.21 Å². The highest BCUT2D eigenvalue weighted by Crippen LogP contribution is 2.25. The Morgan fingerprint density at radius 3 is 2.59 bits per heavy atom. The number of hydrogen-bond acceptors (Lipinski definition) is 2. The van der Waals surface area contributed by atoms with Crippen LogP contribution in [0.25, 0.3) is 0 Å². The largest absolute Gasteiger partial charge is 0.333 e. The molecule has 2 nitrogen and oxygen atoms in total. The van der Waals surface area contributed by atoms with Gasteiger partial charge in [0.05, 0.1) is 10.9 Å². The molecule has 0 N–H and O–H groups in total. The molecule has 0 saturated heterocycles. The minimum absolute atomic E-state index is 0.127. The molecule has 1 aromatic heterocycles. The van der Waals surface area contributed by atoms with Crippen LogP contribution in [-0.4, -0.2) is 17.4 Å². The third-order valence-corrected chi connectivity index (χ3v) is 3.47. The summed E-state index contributed by atoms with van der Waals surface area (Å²) in [6.45, 7) is 10.6. The maximum absolute atomic E-state index is 12.2. The molecule has 0 unspecified atom stereocenters. The van der Waals surface area contributed by atoms with Crippen LogP contribution < -0.4 is 0 Å². The summed E-state index contributed by atoms with van der Waals surface area (Å²) in [4.78, 5) is 15.1. The molecular weight excluding hydrogens is 254 g/mol. The zero-order valence-corrected chi connectivity index (χ0v) is 12.1. The smallest absolute Gasteiger partial charge is 0.228 e. The van der Waals surface area contributed by atoms with Gasteiger partial charge in [-0.1, -0.05) is 38.4 Å². The van der Waals surface area contributed by atoms with Gasteiger partial charge in [-0.15, -0.1) is 17.9 Å². The average molecular weight is 272 g/mol. The van der Waals surface area contributed by atoms with Crippen LogP contribution in [0.5, 0.6) is 0 Å². The van der Waals surface area contributed by atoms with E-state index < -0.39 is 0 Å². The monoisotopic (exact) mass is 271 g/mol. The molecule has 0 aliphatic carbocycles. The van der Waals surface area contributed by atoms with E-state index in [-0.39, 0.29) is 11.3 Å². The summed E-state index contributed by atoms with van der Waals surface area (Å²) in [5.41, 5.74) is -0.371. The van der Waals surface area contributed by atoms with Gasteiger partial charge in [0.15, 0.2) is 0 Å². The third kappa shape index (κ3) is 4.17. The summed E-state index contributed by atoms with van der Waals surface area (Å²) in [7, 11) is 0. The van der Waals surface area contributed by atoms with E-state index >= 15 is 0 Å². The quantitative estimate of drug-likeness (QED) is 0.759. The first kappa shape index (κ1) is 14.3. The second kappa shape index (κ2) is 5.69. The maximum Gasteiger partial charge on any atom is 0.228 e. The van der Waals surface area contributed by atoms with Crippen molar-refractivity contribution in [1.29, 1.82) is 0 Å². The summed E-state index contributed by atoms with van der Waals surface area (Å²) in [6, 6.07) is 3.81. The molecule has 17 heavy (non-hydrogen) atoms. The van der Waals surface area contributed by atoms with Crippen LogP contribution in [0.1, 0.15) is 25.6 Å². The van der Waals surface area contributed by atoms with Gasteiger partial charge in [0.25, 0.3) is 0 Å². The van der Waals surface area contributed by atoms with Crippen LogP contribution >= 0.6 is 22.9 Å². The molecule has 1 aromatic rings. The number of nitrogens with zero attached hydrogens (tertiary/aromatic N) is 1. The minimum atomic E-state index is -0.371. The predicted octanol–water partition coefficient (Wildman–Crippen LogP) is 3.96. The molecule has 0 radical (unpaired) electrons. The SMILES string of the molecule is C=CCN(Cc1ccc(Cl)s1)C(=O)C(C)(C)C. The van der Waals surface area contributed by atoms with Crippen LogP contribution in [0.15, 0.2) is 24.8 Å². The van der Waals surface area contributed by atoms with Gasteiger partial charge in [0.1, 0.15) is 0 Å². The van der Waals surface area contributed by atoms with E-state index in [0.29, 0.717) is 13.1 Å². The lowest BCUT2D eigenvalue weighted by atomic mass is 9.94. The molecule has 1 rings (SSSR count). The molecule has 0 aliphatic heterocycles. The third-order valence-electron chi connectivity index (χ3n) is 2.25. The molecule has 0 spiro atoms. The molecular formula is C13H18ClNOS. The fourth-order valence-corrected chi connectivity index (χ4v) is 2.58. The van der Waals surface area contributed by atoms with Crippen molar-refractivity contribution < 1.29 is 4.79 Å². The first-order valence-corrected chi connectivity index (χ1v) is 6.68. The number of halogens is 1. The van der Waals surface area contributed by atoms with Crippen molar-refractivity contribution in [2.75, 3.05) is 6.54 Å². The first-order chi connectivity index (χ1) is 7.84. The molecule has 1 heterocycles. The lowest BCUT2D eigenvalue weighted by molar-refractivity contribution is -0.139. The lowest BCUT2D eigenvalue weighted by Gasteiger charge is -2.28. The predicted molar refractivity (Wildman–Crippen MR) is 74.4 cm³/mol. The summed E-state index contributed by atoms with van der Waals surface area (Å²) >= 11 is 7.39. The minimum Gasteiger partial charge on any atom is -0.333 e. The lowest BCUT2D eigenvalue weighted by Crippen LogP contribution is -2.38. The maximum atomic E-state index is 12.2. The Bertz CT molecular complexity index is 406. The number of hydrogen-bond donors (Lipinski definition) is 0. The Morgan fingerprint density at radius 2 is 2.18 bits per heavy atom. The number of carbonyl (C=O) groups excluding carboxylic acids is 1. The van der Waals surface area contributed by atoms with E-state index in [1.165, 1.54) is 11.3 Å². The number of thiophene rings is 1. The van der Waals surface area contributed by atoms with Crippen LogP contribution in [-0.2, 0) is 11.3 Å². The van der Waals surface area contributed by atoms with Crippen LogP contribution in [0.2, 0.25) is 4.34 Å². The summed E-state index contributed by atoms with van der Waals surface area (Å²) in [5, 5.41) is 0. The molecule has 0 aliphatic rings. The molecule has 0 atom stereocenters. The molecule has 0 bridgehead atoms. The van der Waals surface area contributed by atoms with Crippen molar-refractivity contribution >= 4 is 28.8 Å². The first-order valence-electron chi connectivity index (χ1n) is 5.49. The van der Waals surface area contributed by atoms with E-state index in [1.54, 1.807) is 11.0 Å². The van der Waals surface area contributed by atoms with Crippen LogP contribution in [0.4, 0.5) is 0 Å². The Morgan fingerprint density at radius 1 is 1.53 bits per heavy atom. The van der Waals surface area contributed by atoms with E-state index in [4.69, 9.17) is 11.6 Å². The number of rotatable bonds is 4. The van der Waals surface area contributed by atoms with Crippen molar-refractivity contribution in [3.8, 4) is 0 Å². The summed E-state index contributed by atoms with van der Waals surface area (Å²) in [5.74, 6) is 0.127. The van der Waals surface area contributed by atoms with Gasteiger partial charge in [0.2, 0.25) is 5.91 Å². The fraction of sp³-hybridized carbons (Fsp3) is 0.462. The number of carbonyl (C=O) groups is 1. The summed E-state index contributed by atoms with van der Waals surface area (Å²) < 4.78 is 0.752. The van der Waals surface area contributed by atoms with E-state index in [2.05, 4.69) is 6.58 Å². The Balaban J connectivity index is 2.79. The second-order valence-electron chi connectivity index (χ2n) is 4.93. The van der Waals surface area contributed by atoms with Crippen molar-refractivity contribution in [3.63, 3.8) is 0 Å². The molecule has 4 heteroatoms. The van der Waals surface area contributed by atoms with Gasteiger partial charge in [0, 0.05) is 16.8 Å². The second-order valence-corrected chi connectivity index (χ2v) is 6.73. The Kier molecular flexibility index (Phi) is 4.78. The standard InChI is InChI=1S/C13H18ClNOS/c1-5-8-15(12(16)13(2,3)4)9-10-6-7-11(14)17-10/h5-7H,1,8-9H2,2-4H3. The van der Waals surface area contributed by atoms with Gasteiger partial charge in [-0.2, -0.15) is 0 Å².